The number of hydrogen-bond acceptors (Lipinski definition) is 4. The minimum atomic E-state index is -0.210. The Labute approximate surface area is 202 Å². The van der Waals surface area contributed by atoms with E-state index in [2.05, 4.69) is 15.9 Å². The van der Waals surface area contributed by atoms with Crippen LogP contribution in [0.25, 0.3) is 16.2 Å². The average molecular weight is 524 g/mol. The highest BCUT2D eigenvalue weighted by Gasteiger charge is 2.35. The molecule has 5 rings (SSSR count). The Morgan fingerprint density at radius 3 is 2.56 bits per heavy atom. The van der Waals surface area contributed by atoms with Gasteiger partial charge < -0.3 is 4.74 Å². The maximum absolute atomic E-state index is 13.5. The molecule has 7 heteroatoms. The third kappa shape index (κ3) is 3.75. The first kappa shape index (κ1) is 20.9. The van der Waals surface area contributed by atoms with Gasteiger partial charge in [-0.25, -0.2) is 4.99 Å². The van der Waals surface area contributed by atoms with Crippen LogP contribution in [0.1, 0.15) is 10.4 Å². The maximum Gasteiger partial charge on any atom is 0.282 e. The van der Waals surface area contributed by atoms with Crippen LogP contribution in [0.5, 0.6) is 5.75 Å². The van der Waals surface area contributed by atoms with Crippen molar-refractivity contribution >= 4 is 72.5 Å². The van der Waals surface area contributed by atoms with Crippen LogP contribution < -0.4 is 9.64 Å². The van der Waals surface area contributed by atoms with Crippen LogP contribution in [0.3, 0.4) is 0 Å². The molecule has 1 aromatic heterocycles. The second-order valence-electron chi connectivity index (χ2n) is 7.10. The van der Waals surface area contributed by atoms with Gasteiger partial charge in [-0.2, -0.15) is 0 Å². The third-order valence-electron chi connectivity index (χ3n) is 5.08. The number of thiophene rings is 1. The molecule has 0 fully saturated rings. The number of methoxy groups -OCH3 is 1. The van der Waals surface area contributed by atoms with Crippen molar-refractivity contribution in [1.29, 1.82) is 0 Å². The topological polar surface area (TPSA) is 41.9 Å². The Kier molecular flexibility index (Phi) is 5.59. The molecule has 0 N–H and O–H groups in total. The molecule has 0 spiro atoms. The lowest BCUT2D eigenvalue weighted by Crippen LogP contribution is -2.32. The van der Waals surface area contributed by atoms with Gasteiger partial charge in [-0.3, -0.25) is 9.69 Å². The number of amidine groups is 1. The van der Waals surface area contributed by atoms with Gasteiger partial charge in [0.1, 0.15) is 11.4 Å². The number of anilines is 1. The molecule has 0 radical (unpaired) electrons. The summed E-state index contributed by atoms with van der Waals surface area (Å²) in [7, 11) is 1.61. The molecule has 4 aromatic rings. The summed E-state index contributed by atoms with van der Waals surface area (Å²) in [4.78, 5) is 20.6. The van der Waals surface area contributed by atoms with Crippen LogP contribution in [-0.4, -0.2) is 18.9 Å². The van der Waals surface area contributed by atoms with E-state index in [9.17, 15) is 4.79 Å². The van der Waals surface area contributed by atoms with Crippen LogP contribution >= 0.6 is 38.9 Å². The quantitative estimate of drug-likeness (QED) is 0.266. The molecule has 0 saturated carbocycles. The molecule has 1 aliphatic heterocycles. The SMILES string of the molecule is COc1ccc(N2C(=O)/C(=C\c3cccc(Br)c3)N=C2c2sc3ccccc3c2Cl)cc1. The van der Waals surface area contributed by atoms with Gasteiger partial charge in [0.2, 0.25) is 0 Å². The van der Waals surface area contributed by atoms with E-state index in [1.807, 2.05) is 72.8 Å². The van der Waals surface area contributed by atoms with E-state index in [0.29, 0.717) is 28.0 Å². The molecule has 0 aliphatic carbocycles. The number of amides is 1. The fourth-order valence-electron chi connectivity index (χ4n) is 3.55. The minimum absolute atomic E-state index is 0.210. The van der Waals surface area contributed by atoms with E-state index in [-0.39, 0.29) is 5.91 Å². The van der Waals surface area contributed by atoms with Gasteiger partial charge in [0.25, 0.3) is 5.91 Å². The van der Waals surface area contributed by atoms with E-state index < -0.39 is 0 Å². The van der Waals surface area contributed by atoms with Gasteiger partial charge in [0.15, 0.2) is 5.84 Å². The zero-order valence-electron chi connectivity index (χ0n) is 16.9. The van der Waals surface area contributed by atoms with Gasteiger partial charge in [0.05, 0.1) is 22.7 Å². The lowest BCUT2D eigenvalue weighted by molar-refractivity contribution is -0.113. The van der Waals surface area contributed by atoms with Crippen LogP contribution in [0, 0.1) is 0 Å². The molecule has 0 saturated heterocycles. The molecule has 0 bridgehead atoms. The van der Waals surface area contributed by atoms with Crippen molar-refractivity contribution in [2.24, 2.45) is 4.99 Å². The Morgan fingerprint density at radius 2 is 1.84 bits per heavy atom. The largest absolute Gasteiger partial charge is 0.497 e. The minimum Gasteiger partial charge on any atom is -0.497 e. The van der Waals surface area contributed by atoms with Gasteiger partial charge in [-0.15, -0.1) is 11.3 Å². The van der Waals surface area contributed by atoms with E-state index in [1.54, 1.807) is 18.1 Å². The number of aliphatic imine (C=N–C) groups is 1. The predicted molar refractivity (Wildman–Crippen MR) is 136 cm³/mol. The molecule has 3 aromatic carbocycles. The standard InChI is InChI=1S/C25H16BrClN2O2S/c1-31-18-11-9-17(10-12-18)29-24(23-22(27)19-7-2-3-8-21(19)32-23)28-20(25(29)30)14-15-5-4-6-16(26)13-15/h2-14H,1H3/b20-14+. The first-order valence-electron chi connectivity index (χ1n) is 9.77. The molecular formula is C25H16BrClN2O2S. The van der Waals surface area contributed by atoms with Crippen molar-refractivity contribution in [1.82, 2.24) is 0 Å². The molecule has 0 unspecified atom stereocenters. The molecule has 32 heavy (non-hydrogen) atoms. The molecular weight excluding hydrogens is 508 g/mol. The van der Waals surface area contributed by atoms with Gasteiger partial charge in [-0.05, 0) is 54.1 Å². The number of halogens is 2. The van der Waals surface area contributed by atoms with Crippen LogP contribution in [-0.2, 0) is 4.79 Å². The number of carbonyl (C=O) groups excluding carboxylic acids is 1. The third-order valence-corrected chi connectivity index (χ3v) is 7.25. The van der Waals surface area contributed by atoms with Crippen molar-refractivity contribution in [3.05, 3.63) is 98.4 Å². The highest BCUT2D eigenvalue weighted by Crippen LogP contribution is 2.39. The first-order valence-corrected chi connectivity index (χ1v) is 11.8. The number of nitrogens with zero attached hydrogens (tertiary/aromatic N) is 2. The molecule has 1 aliphatic rings. The summed E-state index contributed by atoms with van der Waals surface area (Å²) in [6.45, 7) is 0. The molecule has 0 atom stereocenters. The second kappa shape index (κ2) is 8.54. The molecule has 1 amide bonds. The summed E-state index contributed by atoms with van der Waals surface area (Å²) in [6.07, 6.45) is 1.79. The molecule has 4 nitrogen and oxygen atoms in total. The van der Waals surface area contributed by atoms with Crippen molar-refractivity contribution in [3.8, 4) is 5.75 Å². The van der Waals surface area contributed by atoms with Crippen LogP contribution in [0.15, 0.2) is 88.0 Å². The second-order valence-corrected chi connectivity index (χ2v) is 9.45. The number of hydrogen-bond donors (Lipinski definition) is 0. The zero-order valence-corrected chi connectivity index (χ0v) is 20.0. The fraction of sp³-hybridized carbons (Fsp3) is 0.0400. The highest BCUT2D eigenvalue weighted by atomic mass is 79.9. The van der Waals surface area contributed by atoms with Crippen LogP contribution in [0.2, 0.25) is 5.02 Å². The molecule has 158 valence electrons. The van der Waals surface area contributed by atoms with E-state index in [4.69, 9.17) is 21.3 Å². The number of carbonyl (C=O) groups is 1. The van der Waals surface area contributed by atoms with Crippen molar-refractivity contribution in [2.45, 2.75) is 0 Å². The summed E-state index contributed by atoms with van der Waals surface area (Å²) >= 11 is 11.8. The Morgan fingerprint density at radius 1 is 1.06 bits per heavy atom. The average Bonchev–Trinajstić information content (AvgIpc) is 3.31. The Bertz CT molecular complexity index is 1410. The van der Waals surface area contributed by atoms with Crippen LogP contribution in [0.4, 0.5) is 5.69 Å². The summed E-state index contributed by atoms with van der Waals surface area (Å²) in [5.74, 6) is 1.02. The predicted octanol–water partition coefficient (Wildman–Crippen LogP) is 7.16. The van der Waals surface area contributed by atoms with E-state index in [1.165, 1.54) is 11.3 Å². The van der Waals surface area contributed by atoms with Crippen molar-refractivity contribution in [2.75, 3.05) is 12.0 Å². The normalized spacial score (nSPS) is 15.0. The van der Waals surface area contributed by atoms with E-state index >= 15 is 0 Å². The van der Waals surface area contributed by atoms with E-state index in [0.717, 1.165) is 25.0 Å². The Hall–Kier alpha value is -2.93. The monoisotopic (exact) mass is 522 g/mol. The maximum atomic E-state index is 13.5. The number of fused-ring (bicyclic) bond motifs is 1. The first-order chi connectivity index (χ1) is 15.5. The summed E-state index contributed by atoms with van der Waals surface area (Å²) in [6, 6.07) is 23.0. The van der Waals surface area contributed by atoms with Gasteiger partial charge >= 0.3 is 0 Å². The molecule has 2 heterocycles. The lowest BCUT2D eigenvalue weighted by Gasteiger charge is -2.18. The summed E-state index contributed by atoms with van der Waals surface area (Å²) in [5, 5.41) is 1.54. The van der Waals surface area contributed by atoms with Crippen molar-refractivity contribution < 1.29 is 9.53 Å². The fourth-order valence-corrected chi connectivity index (χ4v) is 5.46. The van der Waals surface area contributed by atoms with Gasteiger partial charge in [-0.1, -0.05) is 57.9 Å². The number of ether oxygens (including phenoxy) is 1. The van der Waals surface area contributed by atoms with Gasteiger partial charge in [0, 0.05) is 14.6 Å². The summed E-state index contributed by atoms with van der Waals surface area (Å²) < 4.78 is 7.25. The zero-order chi connectivity index (χ0) is 22.2. The number of benzene rings is 3. The Balaban J connectivity index is 1.67. The highest BCUT2D eigenvalue weighted by molar-refractivity contribution is 9.10. The van der Waals surface area contributed by atoms with Crippen molar-refractivity contribution in [3.63, 3.8) is 0 Å². The number of rotatable bonds is 4. The smallest absolute Gasteiger partial charge is 0.282 e. The lowest BCUT2D eigenvalue weighted by atomic mass is 10.2. The summed E-state index contributed by atoms with van der Waals surface area (Å²) in [5.41, 5.74) is 1.92.